The average molecular weight is 501 g/mol. The second kappa shape index (κ2) is 13.6. The summed E-state index contributed by atoms with van der Waals surface area (Å²) in [6, 6.07) is 0.602. The van der Waals surface area contributed by atoms with Crippen molar-refractivity contribution >= 4 is 7.82 Å². The van der Waals surface area contributed by atoms with E-state index in [0.29, 0.717) is 24.1 Å². The molecule has 4 unspecified atom stereocenters. The summed E-state index contributed by atoms with van der Waals surface area (Å²) in [5.74, 6) is 0.659. The fourth-order valence-corrected chi connectivity index (χ4v) is 8.28. The molecule has 34 heavy (non-hydrogen) atoms. The molecule has 1 spiro atoms. The lowest BCUT2D eigenvalue weighted by Crippen LogP contribution is -2.47. The van der Waals surface area contributed by atoms with Crippen molar-refractivity contribution in [2.24, 2.45) is 5.92 Å². The van der Waals surface area contributed by atoms with E-state index in [1.807, 2.05) is 0 Å². The Labute approximate surface area is 210 Å². The number of quaternary nitrogens is 1. The van der Waals surface area contributed by atoms with Crippen molar-refractivity contribution in [1.82, 2.24) is 0 Å². The number of likely N-dealkylation sites (tertiary alicyclic amines) is 1. The van der Waals surface area contributed by atoms with Gasteiger partial charge in [-0.1, -0.05) is 103 Å². The molecule has 6 heteroatoms. The summed E-state index contributed by atoms with van der Waals surface area (Å²) in [4.78, 5) is 10.2. The van der Waals surface area contributed by atoms with Crippen LogP contribution < -0.4 is 0 Å². The fourth-order valence-electron chi connectivity index (χ4n) is 7.31. The van der Waals surface area contributed by atoms with Crippen LogP contribution in [0.15, 0.2) is 0 Å². The molecule has 3 aliphatic rings. The molecular formula is C28H55NO4P+. The molecule has 0 radical (unpaired) electrons. The number of phosphoric acid groups is 1. The van der Waals surface area contributed by atoms with Gasteiger partial charge in [-0.2, -0.15) is 0 Å². The van der Waals surface area contributed by atoms with Crippen molar-refractivity contribution in [2.75, 3.05) is 20.7 Å². The molecule has 5 atom stereocenters. The molecule has 0 bridgehead atoms. The Morgan fingerprint density at radius 3 is 1.76 bits per heavy atom. The standard InChI is InChI=1S/C28H54NO4P/c1-4-5-6-7-8-9-10-11-12-13-14-15-16-17-18-19-22-32-34(30,31)33-26-23-25-20-21-28(25)27(24-26)29(28,2)3/h25-27H,4-24H2,1-3H3/p+1/t25?,26?,27?,28-/m0/s1. The third-order valence-corrected chi connectivity index (χ3v) is 10.6. The molecule has 0 aromatic heterocycles. The molecule has 5 nitrogen and oxygen atoms in total. The summed E-state index contributed by atoms with van der Waals surface area (Å²) >= 11 is 0. The molecule has 3 rings (SSSR count). The topological polar surface area (TPSA) is 55.8 Å². The van der Waals surface area contributed by atoms with Crippen molar-refractivity contribution in [2.45, 2.75) is 153 Å². The zero-order valence-electron chi connectivity index (χ0n) is 22.6. The summed E-state index contributed by atoms with van der Waals surface area (Å²) in [5, 5.41) is 0. The highest BCUT2D eigenvalue weighted by Crippen LogP contribution is 2.69. The van der Waals surface area contributed by atoms with Crippen molar-refractivity contribution in [3.05, 3.63) is 0 Å². The van der Waals surface area contributed by atoms with Gasteiger partial charge in [0.1, 0.15) is 6.04 Å². The minimum Gasteiger partial charge on any atom is -0.311 e. The van der Waals surface area contributed by atoms with Crippen LogP contribution in [0, 0.1) is 5.92 Å². The quantitative estimate of drug-likeness (QED) is 0.0793. The van der Waals surface area contributed by atoms with Crippen molar-refractivity contribution in [3.63, 3.8) is 0 Å². The predicted octanol–water partition coefficient (Wildman–Crippen LogP) is 8.15. The fraction of sp³-hybridized carbons (Fsp3) is 1.00. The summed E-state index contributed by atoms with van der Waals surface area (Å²) in [6.45, 7) is 2.61. The van der Waals surface area contributed by atoms with E-state index in [4.69, 9.17) is 9.05 Å². The molecule has 1 heterocycles. The van der Waals surface area contributed by atoms with Crippen LogP contribution in [0.5, 0.6) is 0 Å². The second-order valence-electron chi connectivity index (χ2n) is 12.1. The summed E-state index contributed by atoms with van der Waals surface area (Å²) in [7, 11) is 0.690. The second-order valence-corrected chi connectivity index (χ2v) is 13.5. The molecule has 200 valence electrons. The van der Waals surface area contributed by atoms with Crippen molar-refractivity contribution in [3.8, 4) is 0 Å². The number of rotatable bonds is 20. The number of hydrogen-bond acceptors (Lipinski definition) is 3. The number of hydrogen-bond donors (Lipinski definition) is 1. The average Bonchev–Trinajstić information content (AvgIpc) is 3.29. The van der Waals surface area contributed by atoms with Gasteiger partial charge >= 0.3 is 7.82 Å². The van der Waals surface area contributed by atoms with Crippen LogP contribution in [-0.4, -0.2) is 47.8 Å². The van der Waals surface area contributed by atoms with Crippen LogP contribution in [0.2, 0.25) is 0 Å². The molecular weight excluding hydrogens is 445 g/mol. The van der Waals surface area contributed by atoms with E-state index in [2.05, 4.69) is 21.0 Å². The summed E-state index contributed by atoms with van der Waals surface area (Å²) < 4.78 is 24.5. The highest BCUT2D eigenvalue weighted by Gasteiger charge is 2.83. The Morgan fingerprint density at radius 2 is 1.32 bits per heavy atom. The van der Waals surface area contributed by atoms with Gasteiger partial charge in [-0.25, -0.2) is 4.57 Å². The largest absolute Gasteiger partial charge is 0.472 e. The van der Waals surface area contributed by atoms with Gasteiger partial charge in [-0.15, -0.1) is 0 Å². The highest BCUT2D eigenvalue weighted by molar-refractivity contribution is 7.47. The lowest BCUT2D eigenvalue weighted by molar-refractivity contribution is -0.806. The summed E-state index contributed by atoms with van der Waals surface area (Å²) in [6.07, 6.45) is 25.4. The van der Waals surface area contributed by atoms with Gasteiger partial charge in [0, 0.05) is 18.8 Å². The molecule has 3 fully saturated rings. The third kappa shape index (κ3) is 7.54. The first kappa shape index (κ1) is 28.6. The van der Waals surface area contributed by atoms with Gasteiger partial charge < -0.3 is 9.38 Å². The Balaban J connectivity index is 1.10. The number of unbranched alkanes of at least 4 members (excludes halogenated alkanes) is 15. The van der Waals surface area contributed by atoms with Crippen LogP contribution in [0.3, 0.4) is 0 Å². The van der Waals surface area contributed by atoms with Gasteiger partial charge in [0.25, 0.3) is 0 Å². The Morgan fingerprint density at radius 1 is 0.824 bits per heavy atom. The summed E-state index contributed by atoms with van der Waals surface area (Å²) in [5.41, 5.74) is 0.466. The van der Waals surface area contributed by atoms with E-state index in [1.165, 1.54) is 103 Å². The SMILES string of the molecule is CCCCCCCCCCCCCCCCCCOP(=O)(O)OC1CC2CC[C@@]23C(C1)[N+]3(C)C. The van der Waals surface area contributed by atoms with Crippen LogP contribution in [0.4, 0.5) is 0 Å². The first-order valence-corrected chi connectivity index (χ1v) is 16.3. The van der Waals surface area contributed by atoms with Gasteiger partial charge in [-0.3, -0.25) is 9.05 Å². The first-order valence-electron chi connectivity index (χ1n) is 14.8. The van der Waals surface area contributed by atoms with Crippen molar-refractivity contribution < 1.29 is 23.0 Å². The third-order valence-electron chi connectivity index (χ3n) is 9.53. The normalized spacial score (nSPS) is 30.8. The van der Waals surface area contributed by atoms with Crippen LogP contribution >= 0.6 is 7.82 Å². The lowest BCUT2D eigenvalue weighted by Gasteiger charge is -2.40. The molecule has 1 saturated heterocycles. The monoisotopic (exact) mass is 500 g/mol. The lowest BCUT2D eigenvalue weighted by atomic mass is 9.64. The van der Waals surface area contributed by atoms with Crippen LogP contribution in [-0.2, 0) is 13.6 Å². The maximum absolute atomic E-state index is 12.4. The van der Waals surface area contributed by atoms with Crippen LogP contribution in [0.1, 0.15) is 135 Å². The maximum Gasteiger partial charge on any atom is 0.472 e. The Kier molecular flexibility index (Phi) is 11.4. The molecule has 0 amide bonds. The van der Waals surface area contributed by atoms with E-state index in [1.54, 1.807) is 0 Å². The molecule has 0 aromatic carbocycles. The zero-order valence-corrected chi connectivity index (χ0v) is 23.5. The zero-order chi connectivity index (χ0) is 24.5. The van der Waals surface area contributed by atoms with E-state index < -0.39 is 7.82 Å². The highest BCUT2D eigenvalue weighted by atomic mass is 31.2. The predicted molar refractivity (Wildman–Crippen MR) is 141 cm³/mol. The number of phosphoric ester groups is 1. The van der Waals surface area contributed by atoms with Gasteiger partial charge in [0.2, 0.25) is 0 Å². The number of likely N-dealkylation sites (N-methyl/N-ethyl adjacent to an activating group) is 1. The van der Waals surface area contributed by atoms with E-state index in [9.17, 15) is 9.46 Å². The molecule has 0 aromatic rings. The van der Waals surface area contributed by atoms with E-state index >= 15 is 0 Å². The minimum absolute atomic E-state index is 0.120. The van der Waals surface area contributed by atoms with Gasteiger partial charge in [0.05, 0.1) is 26.8 Å². The Bertz CT molecular complexity index is 642. The molecule has 1 aliphatic heterocycles. The smallest absolute Gasteiger partial charge is 0.311 e. The molecule has 1 N–H and O–H groups in total. The Hall–Kier alpha value is 0.0700. The van der Waals surface area contributed by atoms with Crippen molar-refractivity contribution in [1.29, 1.82) is 0 Å². The maximum atomic E-state index is 12.4. The molecule has 2 saturated carbocycles. The van der Waals surface area contributed by atoms with E-state index in [0.717, 1.165) is 30.2 Å². The molecule has 2 aliphatic carbocycles. The van der Waals surface area contributed by atoms with Gasteiger partial charge in [0.15, 0.2) is 5.54 Å². The van der Waals surface area contributed by atoms with Crippen LogP contribution in [0.25, 0.3) is 0 Å². The van der Waals surface area contributed by atoms with E-state index in [-0.39, 0.29) is 6.10 Å². The minimum atomic E-state index is -3.93. The van der Waals surface area contributed by atoms with Gasteiger partial charge in [-0.05, 0) is 19.3 Å². The first-order chi connectivity index (χ1) is 16.3. The number of nitrogens with zero attached hydrogens (tertiary/aromatic N) is 1.